The third kappa shape index (κ3) is 10.6. The third-order valence-electron chi connectivity index (χ3n) is 21.4. The monoisotopic (exact) mass is 1210 g/mol. The number of aliphatic hydroxyl groups is 2. The number of likely N-dealkylation sites (N-methyl/N-ethyl adjacent to an activating group) is 2. The lowest BCUT2D eigenvalue weighted by Crippen LogP contribution is -2.69. The van der Waals surface area contributed by atoms with E-state index in [4.69, 9.17) is 46.6 Å². The predicted molar refractivity (Wildman–Crippen MR) is 343 cm³/mol. The van der Waals surface area contributed by atoms with Crippen LogP contribution in [0.3, 0.4) is 0 Å². The number of hydrogen-bond donors (Lipinski definition) is 9. The number of fused-ring (bicyclic) bond motifs is 3. The Balaban J connectivity index is 0.829. The number of allylic oxidation sites excluding steroid dienone is 2. The van der Waals surface area contributed by atoms with Gasteiger partial charge in [-0.3, -0.25) is 9.80 Å². The van der Waals surface area contributed by atoms with Gasteiger partial charge in [-0.05, 0) is 162 Å². The molecule has 5 aliphatic carbocycles. The molecule has 0 radical (unpaired) electrons. The van der Waals surface area contributed by atoms with Gasteiger partial charge in [-0.15, -0.1) is 22.7 Å². The fourth-order valence-corrected chi connectivity index (χ4v) is 18.9. The molecule has 20 nitrogen and oxygen atoms in total. The SMILES string of the molecule is CCC/C(C(=N)[C@H]1CCC(C2CN(c3cc(O[C@@H](C)[C@@H]4CCCN4C)nc(/C(O)=C4\CCC[C@@]5(CCCc6sc(N)c(C#N)c65)C4=N)n3)CC3(CCC3)N2)c2sc(N)c(N)c21)=C(/O)c1cc(N2CCNC3(CC3)C2)nc(O[C@@H](C)[C@@H]2CCCN2C)n1. The van der Waals surface area contributed by atoms with Gasteiger partial charge in [-0.2, -0.15) is 20.2 Å². The summed E-state index contributed by atoms with van der Waals surface area (Å²) in [4.78, 5) is 31.7. The number of hydrogen-bond acceptors (Lipinski definition) is 22. The summed E-state index contributed by atoms with van der Waals surface area (Å²) in [6, 6.07) is 6.79. The maximum Gasteiger partial charge on any atom is 0.319 e. The molecule has 22 heteroatoms. The quantitative estimate of drug-likeness (QED) is 0.0395. The molecule has 3 saturated carbocycles. The van der Waals surface area contributed by atoms with Crippen LogP contribution < -0.4 is 47.1 Å². The molecule has 0 amide bonds. The molecule has 8 atom stereocenters. The van der Waals surface area contributed by atoms with Crippen LogP contribution in [-0.4, -0.2) is 153 Å². The van der Waals surface area contributed by atoms with Gasteiger partial charge in [0.2, 0.25) is 5.88 Å². The predicted octanol–water partition coefficient (Wildman–Crippen LogP) is 9.57. The minimum absolute atomic E-state index is 0.0147. The van der Waals surface area contributed by atoms with Gasteiger partial charge in [-0.1, -0.05) is 13.3 Å². The van der Waals surface area contributed by atoms with E-state index in [9.17, 15) is 26.3 Å². The molecule has 8 heterocycles. The minimum atomic E-state index is -0.732. The lowest BCUT2D eigenvalue weighted by Gasteiger charge is -2.54. The molecule has 4 aliphatic heterocycles. The maximum absolute atomic E-state index is 12.7. The summed E-state index contributed by atoms with van der Waals surface area (Å²) >= 11 is 2.98. The number of anilines is 5. The van der Waals surface area contributed by atoms with E-state index in [1.165, 1.54) is 22.7 Å². The second kappa shape index (κ2) is 23.1. The molecule has 460 valence electrons. The summed E-state index contributed by atoms with van der Waals surface area (Å²) in [6.07, 6.45) is 16.0. The number of nitrogens with zero attached hydrogens (tertiary/aromatic N) is 9. The largest absolute Gasteiger partial charge is 0.505 e. The smallest absolute Gasteiger partial charge is 0.319 e. The summed E-state index contributed by atoms with van der Waals surface area (Å²) in [5, 5.41) is 64.8. The van der Waals surface area contributed by atoms with E-state index in [0.29, 0.717) is 119 Å². The minimum Gasteiger partial charge on any atom is -0.505 e. The number of likely N-dealkylation sites (tertiary alicyclic amines) is 2. The normalized spacial score (nSPS) is 28.6. The Morgan fingerprint density at radius 2 is 1.53 bits per heavy atom. The first-order valence-electron chi connectivity index (χ1n) is 32.0. The number of piperazine rings is 2. The van der Waals surface area contributed by atoms with Crippen molar-refractivity contribution in [2.75, 3.05) is 86.9 Å². The second-order valence-electron chi connectivity index (χ2n) is 26.8. The van der Waals surface area contributed by atoms with E-state index in [2.05, 4.69) is 71.2 Å². The summed E-state index contributed by atoms with van der Waals surface area (Å²) in [6.45, 7) is 11.9. The van der Waals surface area contributed by atoms with Crippen molar-refractivity contribution >= 4 is 72.9 Å². The molecule has 13 rings (SSSR count). The Kier molecular flexibility index (Phi) is 15.8. The number of nitriles is 1. The molecule has 12 N–H and O–H groups in total. The molecule has 2 unspecified atom stereocenters. The van der Waals surface area contributed by atoms with Gasteiger partial charge < -0.3 is 68.1 Å². The van der Waals surface area contributed by atoms with Crippen LogP contribution in [0.15, 0.2) is 23.3 Å². The first kappa shape index (κ1) is 58.9. The molecule has 86 heavy (non-hydrogen) atoms. The number of ether oxygens (including phenoxy) is 2. The second-order valence-corrected chi connectivity index (χ2v) is 29.1. The lowest BCUT2D eigenvalue weighted by atomic mass is 9.60. The van der Waals surface area contributed by atoms with Gasteiger partial charge in [0.15, 0.2) is 11.6 Å². The molecule has 3 spiro atoms. The van der Waals surface area contributed by atoms with Crippen molar-refractivity contribution in [3.05, 3.63) is 61.2 Å². The Labute approximate surface area is 514 Å². The maximum atomic E-state index is 12.7. The van der Waals surface area contributed by atoms with Crippen LogP contribution in [0.4, 0.5) is 27.3 Å². The van der Waals surface area contributed by atoms with Crippen LogP contribution in [0.25, 0.3) is 11.5 Å². The zero-order valence-electron chi connectivity index (χ0n) is 50.9. The van der Waals surface area contributed by atoms with Crippen LogP contribution in [0, 0.1) is 22.1 Å². The number of aryl methyl sites for hydroxylation is 1. The van der Waals surface area contributed by atoms with E-state index >= 15 is 0 Å². The molecule has 9 aliphatic rings. The zero-order chi connectivity index (χ0) is 60.0. The number of aromatic nitrogens is 4. The summed E-state index contributed by atoms with van der Waals surface area (Å²) in [5.74, 6) is 1.28. The topological polar surface area (TPSA) is 297 Å². The van der Waals surface area contributed by atoms with Crippen LogP contribution >= 0.6 is 22.7 Å². The van der Waals surface area contributed by atoms with Crippen molar-refractivity contribution in [3.63, 3.8) is 0 Å². The molecule has 4 aromatic heterocycles. The van der Waals surface area contributed by atoms with Crippen LogP contribution in [0.1, 0.15) is 186 Å². The number of thiophene rings is 2. The van der Waals surface area contributed by atoms with Gasteiger partial charge in [-0.25, -0.2) is 4.98 Å². The molecule has 4 saturated heterocycles. The van der Waals surface area contributed by atoms with E-state index in [-0.39, 0.29) is 70.7 Å². The summed E-state index contributed by atoms with van der Waals surface area (Å²) in [5.41, 5.74) is 24.4. The van der Waals surface area contributed by atoms with Gasteiger partial charge in [0, 0.05) is 129 Å². The number of nitrogens with two attached hydrogens (primary N) is 3. The van der Waals surface area contributed by atoms with Crippen molar-refractivity contribution in [2.45, 2.75) is 201 Å². The zero-order valence-corrected chi connectivity index (χ0v) is 52.5. The van der Waals surface area contributed by atoms with Gasteiger partial charge in [0.1, 0.15) is 51.4 Å². The Hall–Kier alpha value is -6.09. The standard InChI is InChI=1S/C64H88N16O4S2/c1-6-12-39(54(81)42-29-47(79-28-25-71-62(33-79)23-24-62)74-61(72-42)84-36(3)45-15-10-27-78(45)5)52(66)38-18-17-37(56-50(38)53(67)59(70)86-56)43-32-80(34-63(76-43)19-11-20-63)48-30-49(83-35(2)44-14-9-26-77(44)4)75-60(73-48)55(82)40-13-7-21-64(57(40)68)22-8-16-46-51(64)41(31-65)58(69)85-46/h29-30,35-38,43-45,66,68,71,76,81-82H,6-28,32-34,67,69-70H2,1-5H3/b54-39-,55-40-,66-52?,68-57?/t35-,36-,37?,38-,43?,44-,45-,64-/m0/s1. The Morgan fingerprint density at radius 1 is 0.826 bits per heavy atom. The molecule has 0 bridgehead atoms. The van der Waals surface area contributed by atoms with E-state index < -0.39 is 11.3 Å². The average Bonchev–Trinajstić information content (AvgIpc) is 1.55. The first-order valence-corrected chi connectivity index (χ1v) is 33.6. The molecule has 4 aromatic rings. The van der Waals surface area contributed by atoms with E-state index in [1.807, 2.05) is 12.1 Å². The highest BCUT2D eigenvalue weighted by molar-refractivity contribution is 7.17. The average molecular weight is 1210 g/mol. The molecular formula is C64H88N16O4S2. The highest BCUT2D eigenvalue weighted by Crippen LogP contribution is 2.55. The third-order valence-corrected chi connectivity index (χ3v) is 23.7. The highest BCUT2D eigenvalue weighted by Gasteiger charge is 2.51. The Morgan fingerprint density at radius 3 is 2.21 bits per heavy atom. The molecule has 7 fully saturated rings. The number of nitrogen functional groups attached to an aromatic ring is 3. The Bertz CT molecular complexity index is 3420. The summed E-state index contributed by atoms with van der Waals surface area (Å²) < 4.78 is 13.5. The van der Waals surface area contributed by atoms with Crippen molar-refractivity contribution in [3.8, 4) is 18.0 Å². The van der Waals surface area contributed by atoms with Crippen LogP contribution in [0.5, 0.6) is 11.9 Å². The molecule has 0 aromatic carbocycles. The van der Waals surface area contributed by atoms with Crippen LogP contribution in [-0.2, 0) is 11.8 Å². The van der Waals surface area contributed by atoms with Crippen LogP contribution in [0.2, 0.25) is 0 Å². The van der Waals surface area contributed by atoms with Crippen molar-refractivity contribution in [1.82, 2.24) is 40.4 Å². The first-order chi connectivity index (χ1) is 41.4. The van der Waals surface area contributed by atoms with E-state index in [0.717, 1.165) is 137 Å². The highest BCUT2D eigenvalue weighted by atomic mass is 32.1. The van der Waals surface area contributed by atoms with Crippen molar-refractivity contribution in [1.29, 1.82) is 16.1 Å². The van der Waals surface area contributed by atoms with E-state index in [1.54, 1.807) is 0 Å². The van der Waals surface area contributed by atoms with Gasteiger partial charge in [0.25, 0.3) is 0 Å². The fourth-order valence-electron chi connectivity index (χ4n) is 16.5. The number of rotatable bonds is 15. The van der Waals surface area contributed by atoms with Crippen molar-refractivity contribution in [2.24, 2.45) is 0 Å². The van der Waals surface area contributed by atoms with Crippen molar-refractivity contribution < 1.29 is 19.7 Å². The molecular weight excluding hydrogens is 1120 g/mol. The number of aliphatic hydroxyl groups excluding tert-OH is 2. The van der Waals surface area contributed by atoms with Gasteiger partial charge >= 0.3 is 6.01 Å². The van der Waals surface area contributed by atoms with Gasteiger partial charge in [0.05, 0.1) is 11.3 Å². The number of nitrogens with one attached hydrogen (secondary N) is 4. The summed E-state index contributed by atoms with van der Waals surface area (Å²) in [7, 11) is 4.27. The lowest BCUT2D eigenvalue weighted by molar-refractivity contribution is 0.112. The fraction of sp³-hybridized carbons (Fsp3) is 0.641.